The third-order valence-electron chi connectivity index (χ3n) is 3.02. The summed E-state index contributed by atoms with van der Waals surface area (Å²) >= 11 is 3.34. The van der Waals surface area contributed by atoms with Crippen molar-refractivity contribution < 1.29 is 9.53 Å². The average molecular weight is 307 g/mol. The van der Waals surface area contributed by atoms with E-state index in [0.29, 0.717) is 0 Å². The van der Waals surface area contributed by atoms with E-state index >= 15 is 0 Å². The van der Waals surface area contributed by atoms with Crippen molar-refractivity contribution >= 4 is 21.9 Å². The van der Waals surface area contributed by atoms with Gasteiger partial charge < -0.3 is 4.74 Å². The molecule has 2 nitrogen and oxygen atoms in total. The minimum Gasteiger partial charge on any atom is -0.468 e. The lowest BCUT2D eigenvalue weighted by molar-refractivity contribution is -0.139. The van der Waals surface area contributed by atoms with Crippen molar-refractivity contribution in [2.24, 2.45) is 0 Å². The van der Waals surface area contributed by atoms with E-state index < -0.39 is 0 Å². The number of esters is 1. The Labute approximate surface area is 115 Å². The van der Waals surface area contributed by atoms with E-state index in [9.17, 15) is 4.79 Å². The molecule has 1 atom stereocenters. The monoisotopic (exact) mass is 306 g/mol. The van der Waals surface area contributed by atoms with Crippen molar-refractivity contribution in [3.63, 3.8) is 0 Å². The van der Waals surface area contributed by atoms with E-state index in [4.69, 9.17) is 0 Å². The number of carbonyl (C=O) groups is 1. The summed E-state index contributed by atoms with van der Waals surface area (Å²) in [6, 6.07) is 0. The summed E-state index contributed by atoms with van der Waals surface area (Å²) in [6.07, 6.45) is 12.7. The molecule has 0 aliphatic heterocycles. The average Bonchev–Trinajstić information content (AvgIpc) is 2.35. The number of unbranched alkanes of at least 4 members (excludes halogenated alkanes) is 8. The lowest BCUT2D eigenvalue weighted by Crippen LogP contribution is -2.15. The second-order valence-electron chi connectivity index (χ2n) is 4.61. The molecule has 102 valence electrons. The molecule has 1 unspecified atom stereocenters. The predicted octanol–water partition coefficient (Wildman–Crippen LogP) is 4.84. The van der Waals surface area contributed by atoms with Crippen molar-refractivity contribution in [1.29, 1.82) is 0 Å². The summed E-state index contributed by atoms with van der Waals surface area (Å²) in [5, 5.41) is 0. The van der Waals surface area contributed by atoms with E-state index in [1.165, 1.54) is 58.5 Å². The fraction of sp³-hybridized carbons (Fsp3) is 0.929. The van der Waals surface area contributed by atoms with Gasteiger partial charge in [0.1, 0.15) is 4.83 Å². The molecule has 0 heterocycles. The third-order valence-corrected chi connectivity index (χ3v) is 3.85. The first kappa shape index (κ1) is 16.9. The van der Waals surface area contributed by atoms with Crippen molar-refractivity contribution in [2.45, 2.75) is 76.0 Å². The van der Waals surface area contributed by atoms with E-state index in [0.717, 1.165) is 12.8 Å². The van der Waals surface area contributed by atoms with E-state index in [-0.39, 0.29) is 10.8 Å². The van der Waals surface area contributed by atoms with Gasteiger partial charge in [0, 0.05) is 0 Å². The summed E-state index contributed by atoms with van der Waals surface area (Å²) < 4.78 is 4.66. The van der Waals surface area contributed by atoms with E-state index in [1.807, 2.05) is 0 Å². The third kappa shape index (κ3) is 10.8. The molecule has 0 saturated heterocycles. The molecule has 0 bridgehead atoms. The zero-order valence-electron chi connectivity index (χ0n) is 11.3. The molecule has 3 heteroatoms. The molecule has 0 N–H and O–H groups in total. The Morgan fingerprint density at radius 1 is 1.00 bits per heavy atom. The minimum atomic E-state index is -0.149. The van der Waals surface area contributed by atoms with Crippen LogP contribution in [0.5, 0.6) is 0 Å². The van der Waals surface area contributed by atoms with Gasteiger partial charge in [0.05, 0.1) is 7.11 Å². The highest BCUT2D eigenvalue weighted by molar-refractivity contribution is 9.10. The molecule has 0 aromatic carbocycles. The fourth-order valence-electron chi connectivity index (χ4n) is 1.88. The predicted molar refractivity (Wildman–Crippen MR) is 76.6 cm³/mol. The molecule has 0 fully saturated rings. The molecule has 0 amide bonds. The van der Waals surface area contributed by atoms with Gasteiger partial charge in [-0.1, -0.05) is 80.6 Å². The highest BCUT2D eigenvalue weighted by Gasteiger charge is 2.13. The zero-order chi connectivity index (χ0) is 12.9. The Bertz CT molecular complexity index is 183. The molecule has 0 rings (SSSR count). The van der Waals surface area contributed by atoms with Crippen LogP contribution in [0.2, 0.25) is 0 Å². The van der Waals surface area contributed by atoms with Crippen LogP contribution in [-0.4, -0.2) is 17.9 Å². The Kier molecular flexibility index (Phi) is 12.4. The van der Waals surface area contributed by atoms with Gasteiger partial charge in [-0.2, -0.15) is 0 Å². The van der Waals surface area contributed by atoms with Crippen LogP contribution in [0.3, 0.4) is 0 Å². The highest BCUT2D eigenvalue weighted by Crippen LogP contribution is 2.15. The molecule has 17 heavy (non-hydrogen) atoms. The number of hydrogen-bond acceptors (Lipinski definition) is 2. The summed E-state index contributed by atoms with van der Waals surface area (Å²) in [4.78, 5) is 11.0. The molecule has 0 aromatic heterocycles. The molecule has 0 aromatic rings. The van der Waals surface area contributed by atoms with Gasteiger partial charge in [0.15, 0.2) is 0 Å². The maximum Gasteiger partial charge on any atom is 0.319 e. The first-order chi connectivity index (χ1) is 8.22. The first-order valence-corrected chi connectivity index (χ1v) is 7.85. The van der Waals surface area contributed by atoms with Crippen molar-refractivity contribution in [3.05, 3.63) is 0 Å². The largest absolute Gasteiger partial charge is 0.468 e. The number of halogens is 1. The second-order valence-corrected chi connectivity index (χ2v) is 5.71. The number of alkyl halides is 1. The number of carbonyl (C=O) groups excluding carboxylic acids is 1. The SMILES string of the molecule is CCCCCCCCCCCC(Br)C(=O)OC. The lowest BCUT2D eigenvalue weighted by Gasteiger charge is -2.06. The Hall–Kier alpha value is -0.0500. The molecule has 0 aliphatic rings. The highest BCUT2D eigenvalue weighted by atomic mass is 79.9. The van der Waals surface area contributed by atoms with Crippen molar-refractivity contribution in [1.82, 2.24) is 0 Å². The van der Waals surface area contributed by atoms with Crippen LogP contribution in [-0.2, 0) is 9.53 Å². The Morgan fingerprint density at radius 3 is 1.94 bits per heavy atom. The molecular weight excluding hydrogens is 280 g/mol. The van der Waals surface area contributed by atoms with Crippen LogP contribution < -0.4 is 0 Å². The maximum atomic E-state index is 11.1. The van der Waals surface area contributed by atoms with Crippen molar-refractivity contribution in [3.8, 4) is 0 Å². The van der Waals surface area contributed by atoms with Crippen LogP contribution in [0.25, 0.3) is 0 Å². The van der Waals surface area contributed by atoms with E-state index in [2.05, 4.69) is 27.6 Å². The van der Waals surface area contributed by atoms with E-state index in [1.54, 1.807) is 0 Å². The molecule has 0 spiro atoms. The number of hydrogen-bond donors (Lipinski definition) is 0. The lowest BCUT2D eigenvalue weighted by atomic mass is 10.1. The first-order valence-electron chi connectivity index (χ1n) is 6.94. The topological polar surface area (TPSA) is 26.3 Å². The van der Waals surface area contributed by atoms with Gasteiger partial charge >= 0.3 is 5.97 Å². The summed E-state index contributed by atoms with van der Waals surface area (Å²) in [5.74, 6) is -0.149. The number of rotatable bonds is 11. The summed E-state index contributed by atoms with van der Waals surface area (Å²) in [7, 11) is 1.44. The van der Waals surface area contributed by atoms with Gasteiger partial charge in [0.2, 0.25) is 0 Å². The Morgan fingerprint density at radius 2 is 1.47 bits per heavy atom. The second kappa shape index (κ2) is 12.4. The molecule has 0 aliphatic carbocycles. The van der Waals surface area contributed by atoms with Crippen LogP contribution in [0.4, 0.5) is 0 Å². The smallest absolute Gasteiger partial charge is 0.319 e. The molecule has 0 radical (unpaired) electrons. The maximum absolute atomic E-state index is 11.1. The molecular formula is C14H27BrO2. The van der Waals surface area contributed by atoms with Gasteiger partial charge in [0.25, 0.3) is 0 Å². The van der Waals surface area contributed by atoms with Gasteiger partial charge in [-0.25, -0.2) is 0 Å². The standard InChI is InChI=1S/C14H27BrO2/c1-3-4-5-6-7-8-9-10-11-12-13(15)14(16)17-2/h13H,3-12H2,1-2H3. The van der Waals surface area contributed by atoms with Crippen molar-refractivity contribution in [2.75, 3.05) is 7.11 Å². The van der Waals surface area contributed by atoms with Gasteiger partial charge in [-0.15, -0.1) is 0 Å². The van der Waals surface area contributed by atoms with Gasteiger partial charge in [-0.05, 0) is 6.42 Å². The minimum absolute atomic E-state index is 0.114. The zero-order valence-corrected chi connectivity index (χ0v) is 12.9. The number of ether oxygens (including phenoxy) is 1. The molecule has 0 saturated carbocycles. The fourth-order valence-corrected chi connectivity index (χ4v) is 2.39. The Balaban J connectivity index is 3.15. The quantitative estimate of drug-likeness (QED) is 0.310. The number of methoxy groups -OCH3 is 1. The van der Waals surface area contributed by atoms with Gasteiger partial charge in [-0.3, -0.25) is 4.79 Å². The van der Waals surface area contributed by atoms with Crippen LogP contribution in [0, 0.1) is 0 Å². The van der Waals surface area contributed by atoms with Crippen LogP contribution >= 0.6 is 15.9 Å². The summed E-state index contributed by atoms with van der Waals surface area (Å²) in [5.41, 5.74) is 0. The van der Waals surface area contributed by atoms with Crippen LogP contribution in [0.1, 0.15) is 71.1 Å². The normalized spacial score (nSPS) is 12.4. The van der Waals surface area contributed by atoms with Crippen LogP contribution in [0.15, 0.2) is 0 Å². The summed E-state index contributed by atoms with van der Waals surface area (Å²) in [6.45, 7) is 2.25.